The van der Waals surface area contributed by atoms with Crippen molar-refractivity contribution in [1.82, 2.24) is 5.32 Å². The van der Waals surface area contributed by atoms with E-state index >= 15 is 0 Å². The molecule has 0 saturated heterocycles. The van der Waals surface area contributed by atoms with Crippen LogP contribution in [0.1, 0.15) is 23.2 Å². The molecular formula is C12H17N3O3. The van der Waals surface area contributed by atoms with E-state index < -0.39 is 0 Å². The summed E-state index contributed by atoms with van der Waals surface area (Å²) >= 11 is 0. The van der Waals surface area contributed by atoms with Gasteiger partial charge in [-0.25, -0.2) is 0 Å². The van der Waals surface area contributed by atoms with E-state index in [1.54, 1.807) is 31.4 Å². The number of carbonyl (C=O) groups excluding carboxylic acids is 1. The predicted molar refractivity (Wildman–Crippen MR) is 68.0 cm³/mol. The molecule has 0 bridgehead atoms. The first-order valence-corrected chi connectivity index (χ1v) is 5.56. The summed E-state index contributed by atoms with van der Waals surface area (Å²) in [6.45, 7) is 0.473. The average Bonchev–Trinajstić information content (AvgIpc) is 2.43. The minimum absolute atomic E-state index is 0.155. The minimum Gasteiger partial charge on any atom is -0.497 e. The largest absolute Gasteiger partial charge is 0.497 e. The molecule has 0 heterocycles. The first kappa shape index (κ1) is 13.8. The molecule has 4 N–H and O–H groups in total. The standard InChI is InChI=1S/C12H17N3O3/c1-18-10-6-4-9(5-7-10)12(16)14-8-2-3-11(13)15-17/h4-7,17H,2-3,8H2,1H3,(H2,13,15)(H,14,16). The maximum Gasteiger partial charge on any atom is 0.251 e. The molecule has 0 aliphatic rings. The van der Waals surface area contributed by atoms with Gasteiger partial charge >= 0.3 is 0 Å². The van der Waals surface area contributed by atoms with Crippen molar-refractivity contribution >= 4 is 11.7 Å². The highest BCUT2D eigenvalue weighted by Gasteiger charge is 2.04. The second kappa shape index (κ2) is 7.16. The van der Waals surface area contributed by atoms with Crippen molar-refractivity contribution in [2.24, 2.45) is 10.9 Å². The van der Waals surface area contributed by atoms with Crippen LogP contribution >= 0.6 is 0 Å². The number of methoxy groups -OCH3 is 1. The molecule has 6 nitrogen and oxygen atoms in total. The van der Waals surface area contributed by atoms with Gasteiger partial charge in [-0.2, -0.15) is 0 Å². The molecule has 98 valence electrons. The Kier molecular flexibility index (Phi) is 5.50. The molecule has 1 aromatic carbocycles. The van der Waals surface area contributed by atoms with E-state index in [1.807, 2.05) is 0 Å². The van der Waals surface area contributed by atoms with Gasteiger partial charge in [-0.1, -0.05) is 5.16 Å². The number of ether oxygens (including phenoxy) is 1. The third kappa shape index (κ3) is 4.32. The molecular weight excluding hydrogens is 234 g/mol. The molecule has 0 aliphatic heterocycles. The Labute approximate surface area is 105 Å². The fraction of sp³-hybridized carbons (Fsp3) is 0.333. The zero-order valence-corrected chi connectivity index (χ0v) is 10.2. The van der Waals surface area contributed by atoms with Crippen LogP contribution < -0.4 is 15.8 Å². The highest BCUT2D eigenvalue weighted by atomic mass is 16.5. The normalized spacial score (nSPS) is 11.1. The third-order valence-corrected chi connectivity index (χ3v) is 2.38. The Balaban J connectivity index is 2.36. The number of nitrogens with one attached hydrogen (secondary N) is 1. The summed E-state index contributed by atoms with van der Waals surface area (Å²) in [7, 11) is 1.57. The van der Waals surface area contributed by atoms with Crippen LogP contribution in [-0.2, 0) is 0 Å². The minimum atomic E-state index is -0.155. The van der Waals surface area contributed by atoms with E-state index in [4.69, 9.17) is 15.7 Å². The summed E-state index contributed by atoms with van der Waals surface area (Å²) in [5.74, 6) is 0.712. The summed E-state index contributed by atoms with van der Waals surface area (Å²) in [4.78, 5) is 11.7. The molecule has 1 aromatic rings. The van der Waals surface area contributed by atoms with Gasteiger partial charge in [0, 0.05) is 18.5 Å². The van der Waals surface area contributed by atoms with Crippen LogP contribution in [0.4, 0.5) is 0 Å². The molecule has 0 atom stereocenters. The van der Waals surface area contributed by atoms with Crippen LogP contribution in [0, 0.1) is 0 Å². The molecule has 0 saturated carbocycles. The van der Waals surface area contributed by atoms with Gasteiger partial charge in [-0.05, 0) is 30.7 Å². The number of oxime groups is 1. The van der Waals surface area contributed by atoms with Gasteiger partial charge in [0.1, 0.15) is 11.6 Å². The van der Waals surface area contributed by atoms with Gasteiger partial charge in [0.25, 0.3) is 5.91 Å². The predicted octanol–water partition coefficient (Wildman–Crippen LogP) is 0.952. The summed E-state index contributed by atoms with van der Waals surface area (Å²) < 4.78 is 5.00. The van der Waals surface area contributed by atoms with Crippen LogP contribution in [0.3, 0.4) is 0 Å². The van der Waals surface area contributed by atoms with Crippen LogP contribution in [0.2, 0.25) is 0 Å². The first-order valence-electron chi connectivity index (χ1n) is 5.56. The fourth-order valence-corrected chi connectivity index (χ4v) is 1.37. The van der Waals surface area contributed by atoms with E-state index in [0.717, 1.165) is 0 Å². The van der Waals surface area contributed by atoms with Gasteiger partial charge in [0.15, 0.2) is 0 Å². The highest BCUT2D eigenvalue weighted by molar-refractivity contribution is 5.94. The van der Waals surface area contributed by atoms with Crippen molar-refractivity contribution in [2.75, 3.05) is 13.7 Å². The number of hydrogen-bond acceptors (Lipinski definition) is 4. The number of amides is 1. The lowest BCUT2D eigenvalue weighted by Crippen LogP contribution is -2.25. The van der Waals surface area contributed by atoms with Crippen molar-refractivity contribution in [3.05, 3.63) is 29.8 Å². The second-order valence-electron chi connectivity index (χ2n) is 3.68. The van der Waals surface area contributed by atoms with Crippen molar-refractivity contribution in [2.45, 2.75) is 12.8 Å². The summed E-state index contributed by atoms with van der Waals surface area (Å²) in [5.41, 5.74) is 5.88. The Morgan fingerprint density at radius 3 is 2.67 bits per heavy atom. The molecule has 1 amide bonds. The molecule has 0 spiro atoms. The zero-order chi connectivity index (χ0) is 13.4. The number of amidine groups is 1. The van der Waals surface area contributed by atoms with Gasteiger partial charge in [-0.15, -0.1) is 0 Å². The number of carbonyl (C=O) groups is 1. The van der Waals surface area contributed by atoms with Crippen molar-refractivity contribution in [3.63, 3.8) is 0 Å². The number of hydrogen-bond donors (Lipinski definition) is 3. The van der Waals surface area contributed by atoms with E-state index in [0.29, 0.717) is 30.7 Å². The maximum atomic E-state index is 11.7. The molecule has 1 rings (SSSR count). The lowest BCUT2D eigenvalue weighted by atomic mass is 10.2. The summed E-state index contributed by atoms with van der Waals surface area (Å²) in [6, 6.07) is 6.84. The smallest absolute Gasteiger partial charge is 0.251 e. The summed E-state index contributed by atoms with van der Waals surface area (Å²) in [6.07, 6.45) is 1.07. The number of nitrogens with zero attached hydrogens (tertiary/aromatic N) is 1. The molecule has 0 aromatic heterocycles. The van der Waals surface area contributed by atoms with Crippen molar-refractivity contribution in [1.29, 1.82) is 0 Å². The lowest BCUT2D eigenvalue weighted by Gasteiger charge is -2.05. The molecule has 0 radical (unpaired) electrons. The van der Waals surface area contributed by atoms with Gasteiger partial charge < -0.3 is 21.0 Å². The summed E-state index contributed by atoms with van der Waals surface area (Å²) in [5, 5.41) is 13.9. The Bertz CT molecular complexity index is 415. The van der Waals surface area contributed by atoms with Crippen molar-refractivity contribution in [3.8, 4) is 5.75 Å². The topological polar surface area (TPSA) is 96.9 Å². The van der Waals surface area contributed by atoms with Crippen LogP contribution in [-0.4, -0.2) is 30.6 Å². The highest BCUT2D eigenvalue weighted by Crippen LogP contribution is 2.10. The Morgan fingerprint density at radius 1 is 1.44 bits per heavy atom. The van der Waals surface area contributed by atoms with Crippen LogP contribution in [0.15, 0.2) is 29.4 Å². The average molecular weight is 251 g/mol. The Morgan fingerprint density at radius 2 is 2.11 bits per heavy atom. The number of benzene rings is 1. The molecule has 0 unspecified atom stereocenters. The molecule has 0 fully saturated rings. The molecule has 6 heteroatoms. The maximum absolute atomic E-state index is 11.7. The lowest BCUT2D eigenvalue weighted by molar-refractivity contribution is 0.0953. The van der Waals surface area contributed by atoms with Gasteiger partial charge in [-0.3, -0.25) is 4.79 Å². The van der Waals surface area contributed by atoms with Crippen molar-refractivity contribution < 1.29 is 14.7 Å². The molecule has 18 heavy (non-hydrogen) atoms. The van der Waals surface area contributed by atoms with Gasteiger partial charge in [0.2, 0.25) is 0 Å². The third-order valence-electron chi connectivity index (χ3n) is 2.38. The number of rotatable bonds is 6. The Hall–Kier alpha value is -2.24. The second-order valence-corrected chi connectivity index (χ2v) is 3.68. The van der Waals surface area contributed by atoms with Crippen LogP contribution in [0.5, 0.6) is 5.75 Å². The van der Waals surface area contributed by atoms with E-state index in [-0.39, 0.29) is 11.7 Å². The quantitative estimate of drug-likeness (QED) is 0.230. The molecule has 0 aliphatic carbocycles. The van der Waals surface area contributed by atoms with E-state index in [2.05, 4.69) is 10.5 Å². The first-order chi connectivity index (χ1) is 8.67. The zero-order valence-electron chi connectivity index (χ0n) is 10.2. The van der Waals surface area contributed by atoms with Crippen LogP contribution in [0.25, 0.3) is 0 Å². The fourth-order valence-electron chi connectivity index (χ4n) is 1.37. The number of nitrogens with two attached hydrogens (primary N) is 1. The SMILES string of the molecule is COc1ccc(C(=O)NCCCC(N)=NO)cc1. The van der Waals surface area contributed by atoms with Gasteiger partial charge in [0.05, 0.1) is 7.11 Å². The monoisotopic (exact) mass is 251 g/mol. The van der Waals surface area contributed by atoms with E-state index in [1.165, 1.54) is 0 Å². The van der Waals surface area contributed by atoms with E-state index in [9.17, 15) is 4.79 Å².